The molecule has 3 heteroatoms. The molecule has 0 atom stereocenters. The number of para-hydroxylation sites is 3. The molecular formula is C64H42N2S. The minimum Gasteiger partial charge on any atom is -0.310 e. The molecule has 0 fully saturated rings. The number of rotatable bonds is 8. The Hall–Kier alpha value is -8.50. The quantitative estimate of drug-likeness (QED) is 0.148. The van der Waals surface area contributed by atoms with Crippen LogP contribution in [0.4, 0.5) is 17.1 Å². The van der Waals surface area contributed by atoms with E-state index in [0.717, 1.165) is 45.0 Å². The molecule has 13 aromatic rings. The van der Waals surface area contributed by atoms with Crippen molar-refractivity contribution in [3.8, 4) is 50.2 Å². The Morgan fingerprint density at radius 1 is 0.313 bits per heavy atom. The van der Waals surface area contributed by atoms with Gasteiger partial charge in [0.1, 0.15) is 0 Å². The first-order valence-corrected chi connectivity index (χ1v) is 23.7. The summed E-state index contributed by atoms with van der Waals surface area (Å²) in [5.74, 6) is 0. The van der Waals surface area contributed by atoms with Crippen molar-refractivity contribution < 1.29 is 0 Å². The Labute approximate surface area is 393 Å². The molecule has 2 nitrogen and oxygen atoms in total. The van der Waals surface area contributed by atoms with Crippen LogP contribution < -0.4 is 4.90 Å². The summed E-state index contributed by atoms with van der Waals surface area (Å²) in [6.45, 7) is 0. The van der Waals surface area contributed by atoms with Gasteiger partial charge in [0, 0.05) is 53.4 Å². The Balaban J connectivity index is 0.983. The van der Waals surface area contributed by atoms with Gasteiger partial charge in [-0.3, -0.25) is 0 Å². The van der Waals surface area contributed by atoms with Gasteiger partial charge >= 0.3 is 0 Å². The summed E-state index contributed by atoms with van der Waals surface area (Å²) in [4.78, 5) is 2.44. The van der Waals surface area contributed by atoms with Crippen LogP contribution in [0.2, 0.25) is 0 Å². The molecular weight excluding hydrogens is 829 g/mol. The third kappa shape index (κ3) is 6.71. The molecule has 314 valence electrons. The van der Waals surface area contributed by atoms with Crippen molar-refractivity contribution in [1.82, 2.24) is 4.57 Å². The minimum atomic E-state index is 1.07. The van der Waals surface area contributed by atoms with Gasteiger partial charge in [0.25, 0.3) is 0 Å². The maximum absolute atomic E-state index is 2.44. The number of thiophene rings is 1. The van der Waals surface area contributed by atoms with Crippen LogP contribution in [-0.2, 0) is 0 Å². The fourth-order valence-corrected chi connectivity index (χ4v) is 11.4. The van der Waals surface area contributed by atoms with Crippen molar-refractivity contribution >= 4 is 81.1 Å². The number of aromatic nitrogens is 1. The van der Waals surface area contributed by atoms with Crippen LogP contribution in [-0.4, -0.2) is 4.57 Å². The van der Waals surface area contributed by atoms with Gasteiger partial charge in [-0.05, 0) is 105 Å². The fourth-order valence-electron chi connectivity index (χ4n) is 10.2. The first-order chi connectivity index (χ1) is 33.2. The van der Waals surface area contributed by atoms with E-state index in [2.05, 4.69) is 264 Å². The van der Waals surface area contributed by atoms with Crippen LogP contribution >= 0.6 is 11.3 Å². The zero-order valence-corrected chi connectivity index (χ0v) is 37.4. The van der Waals surface area contributed by atoms with Crippen LogP contribution in [0.15, 0.2) is 255 Å². The van der Waals surface area contributed by atoms with Crippen molar-refractivity contribution in [1.29, 1.82) is 0 Å². The molecule has 0 N–H and O–H groups in total. The summed E-state index contributed by atoms with van der Waals surface area (Å²) in [5, 5.41) is 7.59. The maximum Gasteiger partial charge on any atom is 0.0546 e. The van der Waals surface area contributed by atoms with E-state index in [1.807, 2.05) is 11.3 Å². The molecule has 0 bridgehead atoms. The summed E-state index contributed by atoms with van der Waals surface area (Å²) < 4.78 is 5.05. The Morgan fingerprint density at radius 2 is 0.836 bits per heavy atom. The average molecular weight is 871 g/mol. The average Bonchev–Trinajstić information content (AvgIpc) is 3.95. The lowest BCUT2D eigenvalue weighted by atomic mass is 9.95. The molecule has 11 aromatic carbocycles. The summed E-state index contributed by atoms with van der Waals surface area (Å²) >= 11 is 1.88. The summed E-state index contributed by atoms with van der Waals surface area (Å²) in [7, 11) is 0. The van der Waals surface area contributed by atoms with Gasteiger partial charge in [-0.1, -0.05) is 194 Å². The van der Waals surface area contributed by atoms with Crippen LogP contribution in [0, 0.1) is 0 Å². The molecule has 0 aliphatic heterocycles. The fraction of sp³-hybridized carbons (Fsp3) is 0. The zero-order valence-electron chi connectivity index (χ0n) is 36.6. The molecule has 0 aliphatic carbocycles. The third-order valence-corrected chi connectivity index (χ3v) is 14.6. The number of hydrogen-bond acceptors (Lipinski definition) is 2. The predicted molar refractivity (Wildman–Crippen MR) is 288 cm³/mol. The van der Waals surface area contributed by atoms with Crippen molar-refractivity contribution in [2.24, 2.45) is 0 Å². The van der Waals surface area contributed by atoms with Gasteiger partial charge in [0.05, 0.1) is 22.4 Å². The molecule has 67 heavy (non-hydrogen) atoms. The molecule has 2 heterocycles. The van der Waals surface area contributed by atoms with Gasteiger partial charge in [-0.25, -0.2) is 0 Å². The molecule has 0 saturated carbocycles. The van der Waals surface area contributed by atoms with Gasteiger partial charge < -0.3 is 9.47 Å². The highest BCUT2D eigenvalue weighted by Gasteiger charge is 2.21. The van der Waals surface area contributed by atoms with Crippen LogP contribution in [0.3, 0.4) is 0 Å². The molecule has 0 amide bonds. The van der Waals surface area contributed by atoms with E-state index >= 15 is 0 Å². The SMILES string of the molecule is c1ccc(-c2ccc(-c3ccc4ccccc4c3)cc2N(c2ccc(-c3ccccc3-n3c4ccccc4c4ccccc43)cc2)c2ccc(-c3cccc4c3sc3ccccc34)cc2)cc1. The molecule has 0 saturated heterocycles. The molecule has 0 unspecified atom stereocenters. The lowest BCUT2D eigenvalue weighted by molar-refractivity contribution is 1.18. The Morgan fingerprint density at radius 3 is 1.58 bits per heavy atom. The number of hydrogen-bond donors (Lipinski definition) is 0. The lowest BCUT2D eigenvalue weighted by Gasteiger charge is -2.29. The Bertz CT molecular complexity index is 3920. The second-order valence-electron chi connectivity index (χ2n) is 17.3. The van der Waals surface area contributed by atoms with Gasteiger partial charge in [0.15, 0.2) is 0 Å². The van der Waals surface area contributed by atoms with E-state index in [9.17, 15) is 0 Å². The smallest absolute Gasteiger partial charge is 0.0546 e. The number of benzene rings is 11. The summed E-state index contributed by atoms with van der Waals surface area (Å²) in [6, 6.07) is 93.3. The number of anilines is 3. The zero-order chi connectivity index (χ0) is 44.3. The van der Waals surface area contributed by atoms with Crippen LogP contribution in [0.1, 0.15) is 0 Å². The number of fused-ring (bicyclic) bond motifs is 7. The topological polar surface area (TPSA) is 8.17 Å². The van der Waals surface area contributed by atoms with Gasteiger partial charge in [0.2, 0.25) is 0 Å². The first kappa shape index (κ1) is 38.9. The van der Waals surface area contributed by atoms with Crippen LogP contribution in [0.5, 0.6) is 0 Å². The standard InChI is InChI=1S/C64H42N2S/c1-2-16-44(17-3-1)53-40-35-49(48-30-29-43-15-4-5-18-47(43)41-48)42-62(53)65(51-38-33-46(34-39-51)54-23-14-24-58-57-22-9-13-28-63(57)67-64(54)58)50-36-31-45(32-37-50)52-19-6-10-25-59(52)66-60-26-11-7-20-55(60)56-21-8-12-27-61(56)66/h1-42H. The van der Waals surface area contributed by atoms with E-state index in [4.69, 9.17) is 0 Å². The van der Waals surface area contributed by atoms with E-state index in [-0.39, 0.29) is 0 Å². The molecule has 0 radical (unpaired) electrons. The normalized spacial score (nSPS) is 11.6. The second kappa shape index (κ2) is 16.2. The van der Waals surface area contributed by atoms with E-state index in [1.165, 1.54) is 75.0 Å². The molecule has 0 aliphatic rings. The third-order valence-electron chi connectivity index (χ3n) is 13.4. The van der Waals surface area contributed by atoms with E-state index in [0.29, 0.717) is 0 Å². The Kier molecular flexibility index (Phi) is 9.40. The maximum atomic E-state index is 2.44. The molecule has 2 aromatic heterocycles. The highest BCUT2D eigenvalue weighted by molar-refractivity contribution is 7.26. The van der Waals surface area contributed by atoms with E-state index < -0.39 is 0 Å². The van der Waals surface area contributed by atoms with Crippen LogP contribution in [0.25, 0.3) is 103 Å². The highest BCUT2D eigenvalue weighted by Crippen LogP contribution is 2.46. The largest absolute Gasteiger partial charge is 0.310 e. The van der Waals surface area contributed by atoms with Crippen molar-refractivity contribution in [3.63, 3.8) is 0 Å². The minimum absolute atomic E-state index is 1.07. The van der Waals surface area contributed by atoms with Gasteiger partial charge in [-0.15, -0.1) is 11.3 Å². The molecule has 0 spiro atoms. The predicted octanol–water partition coefficient (Wildman–Crippen LogP) is 18.4. The van der Waals surface area contributed by atoms with Crippen molar-refractivity contribution in [2.45, 2.75) is 0 Å². The van der Waals surface area contributed by atoms with E-state index in [1.54, 1.807) is 0 Å². The van der Waals surface area contributed by atoms with Crippen molar-refractivity contribution in [3.05, 3.63) is 255 Å². The highest BCUT2D eigenvalue weighted by atomic mass is 32.1. The lowest BCUT2D eigenvalue weighted by Crippen LogP contribution is -2.11. The molecule has 13 rings (SSSR count). The first-order valence-electron chi connectivity index (χ1n) is 22.9. The number of nitrogens with zero attached hydrogens (tertiary/aromatic N) is 2. The summed E-state index contributed by atoms with van der Waals surface area (Å²) in [6.07, 6.45) is 0. The van der Waals surface area contributed by atoms with Gasteiger partial charge in [-0.2, -0.15) is 0 Å². The monoisotopic (exact) mass is 870 g/mol. The summed E-state index contributed by atoms with van der Waals surface area (Å²) in [5.41, 5.74) is 16.3. The second-order valence-corrected chi connectivity index (χ2v) is 18.3. The van der Waals surface area contributed by atoms with Crippen molar-refractivity contribution in [2.75, 3.05) is 4.90 Å².